The van der Waals surface area contributed by atoms with Crippen molar-refractivity contribution in [3.8, 4) is 0 Å². The molecule has 1 heterocycles. The molecule has 84 valence electrons. The van der Waals surface area contributed by atoms with Gasteiger partial charge in [0, 0.05) is 11.6 Å². The van der Waals surface area contributed by atoms with Crippen molar-refractivity contribution in [2.45, 2.75) is 44.7 Å². The van der Waals surface area contributed by atoms with Gasteiger partial charge in [-0.1, -0.05) is 0 Å². The number of nitrogens with two attached hydrogens (primary N) is 1. The number of piperidine rings is 1. The van der Waals surface area contributed by atoms with Crippen LogP contribution in [-0.4, -0.2) is 43.2 Å². The monoisotopic (exact) mass is 199 g/mol. The fourth-order valence-corrected chi connectivity index (χ4v) is 2.14. The van der Waals surface area contributed by atoms with Crippen LogP contribution in [0.5, 0.6) is 0 Å². The molecule has 1 saturated heterocycles. The first kappa shape index (κ1) is 12.0. The molecule has 1 fully saturated rings. The van der Waals surface area contributed by atoms with Gasteiger partial charge in [-0.2, -0.15) is 0 Å². The fourth-order valence-electron chi connectivity index (χ4n) is 2.14. The normalized spacial score (nSPS) is 21.4. The van der Waals surface area contributed by atoms with Crippen LogP contribution in [0.1, 0.15) is 33.1 Å². The van der Waals surface area contributed by atoms with E-state index in [1.165, 1.54) is 25.9 Å². The van der Waals surface area contributed by atoms with E-state index in [9.17, 15) is 0 Å². The maximum absolute atomic E-state index is 5.59. The van der Waals surface area contributed by atoms with Gasteiger partial charge in [0.05, 0.1) is 0 Å². The maximum Gasteiger partial charge on any atom is 0.0139 e. The van der Waals surface area contributed by atoms with Gasteiger partial charge >= 0.3 is 0 Å². The minimum absolute atomic E-state index is 0.204. The van der Waals surface area contributed by atoms with E-state index in [0.717, 1.165) is 13.0 Å². The highest BCUT2D eigenvalue weighted by atomic mass is 15.1. The SMILES string of the molecule is CN1CCC(NC(C)(C)CCN)CC1. The Labute approximate surface area is 88.0 Å². The number of likely N-dealkylation sites (tertiary alicyclic amines) is 1. The molecule has 0 aromatic rings. The highest BCUT2D eigenvalue weighted by Gasteiger charge is 2.23. The quantitative estimate of drug-likeness (QED) is 0.703. The molecule has 3 nitrogen and oxygen atoms in total. The molecule has 3 N–H and O–H groups in total. The second-order valence-electron chi connectivity index (χ2n) is 5.14. The number of nitrogens with zero attached hydrogens (tertiary/aromatic N) is 1. The van der Waals surface area contributed by atoms with E-state index in [2.05, 4.69) is 31.1 Å². The van der Waals surface area contributed by atoms with Gasteiger partial charge in [0.15, 0.2) is 0 Å². The first-order valence-electron chi connectivity index (χ1n) is 5.70. The van der Waals surface area contributed by atoms with Gasteiger partial charge in [-0.15, -0.1) is 0 Å². The van der Waals surface area contributed by atoms with Crippen molar-refractivity contribution in [3.05, 3.63) is 0 Å². The van der Waals surface area contributed by atoms with Gasteiger partial charge < -0.3 is 16.0 Å². The molecule has 0 saturated carbocycles. The zero-order chi connectivity index (χ0) is 10.6. The van der Waals surface area contributed by atoms with E-state index >= 15 is 0 Å². The predicted molar refractivity (Wildman–Crippen MR) is 61.4 cm³/mol. The molecule has 0 unspecified atom stereocenters. The Bertz CT molecular complexity index is 160. The molecule has 1 aliphatic rings. The van der Waals surface area contributed by atoms with E-state index in [1.807, 2.05) is 0 Å². The molecule has 3 heteroatoms. The minimum Gasteiger partial charge on any atom is -0.330 e. The van der Waals surface area contributed by atoms with Crippen molar-refractivity contribution in [1.29, 1.82) is 0 Å². The van der Waals surface area contributed by atoms with Crippen molar-refractivity contribution in [1.82, 2.24) is 10.2 Å². The number of rotatable bonds is 4. The molecule has 0 aliphatic carbocycles. The van der Waals surface area contributed by atoms with Crippen molar-refractivity contribution < 1.29 is 0 Å². The van der Waals surface area contributed by atoms with Crippen molar-refractivity contribution in [3.63, 3.8) is 0 Å². The third kappa shape index (κ3) is 3.95. The molecule has 0 bridgehead atoms. The predicted octanol–water partition coefficient (Wildman–Crippen LogP) is 0.798. The number of nitrogens with one attached hydrogen (secondary N) is 1. The summed E-state index contributed by atoms with van der Waals surface area (Å²) in [5.41, 5.74) is 5.80. The Morgan fingerprint density at radius 1 is 1.36 bits per heavy atom. The third-order valence-corrected chi connectivity index (χ3v) is 3.08. The average Bonchev–Trinajstić information content (AvgIpc) is 2.08. The van der Waals surface area contributed by atoms with Gasteiger partial charge in [0.25, 0.3) is 0 Å². The van der Waals surface area contributed by atoms with Gasteiger partial charge in [-0.05, 0) is 59.8 Å². The van der Waals surface area contributed by atoms with E-state index < -0.39 is 0 Å². The first-order chi connectivity index (χ1) is 6.53. The molecule has 14 heavy (non-hydrogen) atoms. The van der Waals surface area contributed by atoms with Crippen molar-refractivity contribution in [2.75, 3.05) is 26.7 Å². The van der Waals surface area contributed by atoms with Crippen LogP contribution in [0.25, 0.3) is 0 Å². The van der Waals surface area contributed by atoms with E-state index in [4.69, 9.17) is 5.73 Å². The van der Waals surface area contributed by atoms with Crippen LogP contribution < -0.4 is 11.1 Å². The standard InChI is InChI=1S/C11H25N3/c1-11(2,6-7-12)13-10-4-8-14(3)9-5-10/h10,13H,4-9,12H2,1-3H3. The third-order valence-electron chi connectivity index (χ3n) is 3.08. The summed E-state index contributed by atoms with van der Waals surface area (Å²) in [4.78, 5) is 2.40. The molecule has 0 amide bonds. The van der Waals surface area contributed by atoms with Gasteiger partial charge in [0.2, 0.25) is 0 Å². The van der Waals surface area contributed by atoms with Crippen LogP contribution in [0.4, 0.5) is 0 Å². The summed E-state index contributed by atoms with van der Waals surface area (Å²) >= 11 is 0. The molecule has 0 radical (unpaired) electrons. The Morgan fingerprint density at radius 2 is 1.93 bits per heavy atom. The van der Waals surface area contributed by atoms with Crippen molar-refractivity contribution in [2.24, 2.45) is 5.73 Å². The first-order valence-corrected chi connectivity index (χ1v) is 5.70. The molecule has 0 atom stereocenters. The Balaban J connectivity index is 2.29. The van der Waals surface area contributed by atoms with Crippen LogP contribution >= 0.6 is 0 Å². The summed E-state index contributed by atoms with van der Waals surface area (Å²) in [6.07, 6.45) is 3.59. The second kappa shape index (κ2) is 5.10. The molecule has 1 aliphatic heterocycles. The Hall–Kier alpha value is -0.120. The number of hydrogen-bond acceptors (Lipinski definition) is 3. The lowest BCUT2D eigenvalue weighted by molar-refractivity contribution is 0.201. The lowest BCUT2D eigenvalue weighted by Crippen LogP contribution is -2.50. The largest absolute Gasteiger partial charge is 0.330 e. The lowest BCUT2D eigenvalue weighted by Gasteiger charge is -2.36. The Kier molecular flexibility index (Phi) is 4.35. The van der Waals surface area contributed by atoms with Crippen LogP contribution in [0, 0.1) is 0 Å². The summed E-state index contributed by atoms with van der Waals surface area (Å²) in [5.74, 6) is 0. The lowest BCUT2D eigenvalue weighted by atomic mass is 9.96. The summed E-state index contributed by atoms with van der Waals surface area (Å²) in [5, 5.41) is 3.71. The molecule has 0 aromatic heterocycles. The summed E-state index contributed by atoms with van der Waals surface area (Å²) in [6.45, 7) is 7.70. The molecular formula is C11H25N3. The topological polar surface area (TPSA) is 41.3 Å². The minimum atomic E-state index is 0.204. The highest BCUT2D eigenvalue weighted by molar-refractivity contribution is 4.85. The van der Waals surface area contributed by atoms with Gasteiger partial charge in [0.1, 0.15) is 0 Å². The molecule has 1 rings (SSSR count). The van der Waals surface area contributed by atoms with Gasteiger partial charge in [-0.3, -0.25) is 0 Å². The second-order valence-corrected chi connectivity index (χ2v) is 5.14. The van der Waals surface area contributed by atoms with Crippen LogP contribution in [0.2, 0.25) is 0 Å². The van der Waals surface area contributed by atoms with Crippen LogP contribution in [0.15, 0.2) is 0 Å². The average molecular weight is 199 g/mol. The molecular weight excluding hydrogens is 174 g/mol. The fraction of sp³-hybridized carbons (Fsp3) is 1.00. The molecule has 0 spiro atoms. The smallest absolute Gasteiger partial charge is 0.0139 e. The Morgan fingerprint density at radius 3 is 2.43 bits per heavy atom. The summed E-state index contributed by atoms with van der Waals surface area (Å²) < 4.78 is 0. The van der Waals surface area contributed by atoms with E-state index in [0.29, 0.717) is 6.04 Å². The van der Waals surface area contributed by atoms with Crippen molar-refractivity contribution >= 4 is 0 Å². The highest BCUT2D eigenvalue weighted by Crippen LogP contribution is 2.14. The van der Waals surface area contributed by atoms with Crippen LogP contribution in [-0.2, 0) is 0 Å². The zero-order valence-electron chi connectivity index (χ0n) is 9.84. The van der Waals surface area contributed by atoms with Crippen LogP contribution in [0.3, 0.4) is 0 Å². The van der Waals surface area contributed by atoms with Gasteiger partial charge in [-0.25, -0.2) is 0 Å². The van der Waals surface area contributed by atoms with E-state index in [1.54, 1.807) is 0 Å². The molecule has 0 aromatic carbocycles. The number of hydrogen-bond donors (Lipinski definition) is 2. The summed E-state index contributed by atoms with van der Waals surface area (Å²) in [7, 11) is 2.20. The summed E-state index contributed by atoms with van der Waals surface area (Å²) in [6, 6.07) is 0.688. The maximum atomic E-state index is 5.59. The zero-order valence-corrected chi connectivity index (χ0v) is 9.84. The van der Waals surface area contributed by atoms with E-state index in [-0.39, 0.29) is 5.54 Å².